The average molecular weight is 417 g/mol. The molecule has 0 aliphatic heterocycles. The Morgan fingerprint density at radius 1 is 1.21 bits per heavy atom. The largest absolute Gasteiger partial charge is 0.336 e. The lowest BCUT2D eigenvalue weighted by Gasteiger charge is -2.12. The summed E-state index contributed by atoms with van der Waals surface area (Å²) in [6.45, 7) is 1.34. The number of hydrogen-bond donors (Lipinski definition) is 2. The molecule has 0 atom stereocenters. The van der Waals surface area contributed by atoms with Crippen LogP contribution >= 0.6 is 11.3 Å². The third-order valence-corrected chi connectivity index (χ3v) is 5.03. The van der Waals surface area contributed by atoms with Crippen LogP contribution in [0.5, 0.6) is 0 Å². The van der Waals surface area contributed by atoms with Crippen molar-refractivity contribution in [1.29, 1.82) is 0 Å². The van der Waals surface area contributed by atoms with Gasteiger partial charge in [0.15, 0.2) is 5.82 Å². The molecule has 0 aliphatic rings. The van der Waals surface area contributed by atoms with E-state index in [9.17, 15) is 23.2 Å². The Morgan fingerprint density at radius 2 is 1.93 bits per heavy atom. The minimum atomic E-state index is -0.934. The molecule has 4 aromatic rings. The zero-order valence-electron chi connectivity index (χ0n) is 14.9. The molecule has 0 radical (unpaired) electrons. The summed E-state index contributed by atoms with van der Waals surface area (Å²) in [7, 11) is 0. The van der Waals surface area contributed by atoms with Crippen LogP contribution in [0.1, 0.15) is 5.69 Å². The molecule has 0 bridgehead atoms. The molecule has 3 aromatic heterocycles. The zero-order chi connectivity index (χ0) is 20.7. The van der Waals surface area contributed by atoms with Crippen LogP contribution in [0.2, 0.25) is 0 Å². The van der Waals surface area contributed by atoms with Crippen molar-refractivity contribution in [2.45, 2.75) is 13.5 Å². The maximum absolute atomic E-state index is 13.7. The van der Waals surface area contributed by atoms with Gasteiger partial charge >= 0.3 is 5.69 Å². The number of benzene rings is 1. The molecular weight excluding hydrogens is 404 g/mol. The van der Waals surface area contributed by atoms with Crippen LogP contribution in [0.3, 0.4) is 0 Å². The van der Waals surface area contributed by atoms with Crippen molar-refractivity contribution in [2.75, 3.05) is 5.32 Å². The number of anilines is 1. The molecule has 8 nitrogen and oxygen atoms in total. The SMILES string of the molecule is Cc1cc(NC(=O)Cn2c(=O)n(-c3cc(F)cc(F)c3)c(=O)c3sccc32)n[nH]1. The second-order valence-corrected chi connectivity index (χ2v) is 7.17. The van der Waals surface area contributed by atoms with Gasteiger partial charge in [0.05, 0.1) is 11.2 Å². The van der Waals surface area contributed by atoms with Crippen molar-refractivity contribution in [3.05, 3.63) is 73.9 Å². The summed E-state index contributed by atoms with van der Waals surface area (Å²) in [4.78, 5) is 38.2. The Bertz CT molecular complexity index is 1350. The van der Waals surface area contributed by atoms with Crippen molar-refractivity contribution in [2.24, 2.45) is 0 Å². The van der Waals surface area contributed by atoms with Gasteiger partial charge in [0.25, 0.3) is 5.56 Å². The van der Waals surface area contributed by atoms with Gasteiger partial charge in [0.1, 0.15) is 22.9 Å². The Hall–Kier alpha value is -3.60. The molecule has 29 heavy (non-hydrogen) atoms. The number of aromatic amines is 1. The molecule has 0 unspecified atom stereocenters. The van der Waals surface area contributed by atoms with Crippen LogP contribution in [0, 0.1) is 18.6 Å². The number of hydrogen-bond acceptors (Lipinski definition) is 5. The molecular formula is C18H13F2N5O3S. The monoisotopic (exact) mass is 417 g/mol. The fourth-order valence-electron chi connectivity index (χ4n) is 2.94. The fraction of sp³-hybridized carbons (Fsp3) is 0.111. The van der Waals surface area contributed by atoms with Gasteiger partial charge in [-0.25, -0.2) is 18.1 Å². The third-order valence-electron chi connectivity index (χ3n) is 4.14. The number of thiophene rings is 1. The van der Waals surface area contributed by atoms with Crippen LogP contribution in [0.4, 0.5) is 14.6 Å². The van der Waals surface area contributed by atoms with Crippen molar-refractivity contribution in [3.8, 4) is 5.69 Å². The molecule has 0 saturated carbocycles. The van der Waals surface area contributed by atoms with Crippen LogP contribution < -0.4 is 16.6 Å². The molecule has 0 saturated heterocycles. The first kappa shape index (κ1) is 18.7. The summed E-state index contributed by atoms with van der Waals surface area (Å²) in [5.74, 6) is -2.14. The predicted octanol–water partition coefficient (Wildman–Crippen LogP) is 2.16. The van der Waals surface area contributed by atoms with E-state index in [4.69, 9.17) is 0 Å². The first-order chi connectivity index (χ1) is 13.8. The Morgan fingerprint density at radius 3 is 2.59 bits per heavy atom. The summed E-state index contributed by atoms with van der Waals surface area (Å²) in [6, 6.07) is 5.53. The molecule has 11 heteroatoms. The molecule has 0 fully saturated rings. The number of nitrogens with one attached hydrogen (secondary N) is 2. The van der Waals surface area contributed by atoms with Crippen LogP contribution in [0.15, 0.2) is 45.3 Å². The minimum absolute atomic E-state index is 0.178. The number of carbonyl (C=O) groups is 1. The van der Waals surface area contributed by atoms with E-state index in [0.29, 0.717) is 10.6 Å². The van der Waals surface area contributed by atoms with Crippen molar-refractivity contribution < 1.29 is 13.6 Å². The summed E-state index contributed by atoms with van der Waals surface area (Å²) < 4.78 is 29.2. The highest BCUT2D eigenvalue weighted by atomic mass is 32.1. The minimum Gasteiger partial charge on any atom is -0.308 e. The Labute approximate surface area is 165 Å². The van der Waals surface area contributed by atoms with Gasteiger partial charge in [0, 0.05) is 17.8 Å². The Kier molecular flexibility index (Phi) is 4.59. The van der Waals surface area contributed by atoms with Crippen molar-refractivity contribution in [3.63, 3.8) is 0 Å². The molecule has 148 valence electrons. The number of aryl methyl sites for hydroxylation is 1. The molecule has 2 N–H and O–H groups in total. The number of rotatable bonds is 4. The molecule has 0 aliphatic carbocycles. The first-order valence-electron chi connectivity index (χ1n) is 8.35. The summed E-state index contributed by atoms with van der Waals surface area (Å²) in [5.41, 5.74) is -0.875. The number of H-pyrrole nitrogens is 1. The maximum Gasteiger partial charge on any atom is 0.336 e. The highest BCUT2D eigenvalue weighted by molar-refractivity contribution is 7.17. The van der Waals surface area contributed by atoms with E-state index in [1.165, 1.54) is 6.07 Å². The van der Waals surface area contributed by atoms with E-state index >= 15 is 0 Å². The smallest absolute Gasteiger partial charge is 0.308 e. The molecule has 4 rings (SSSR count). The lowest BCUT2D eigenvalue weighted by Crippen LogP contribution is -2.40. The summed E-state index contributed by atoms with van der Waals surface area (Å²) >= 11 is 1.06. The van der Waals surface area contributed by atoms with E-state index in [0.717, 1.165) is 33.7 Å². The van der Waals surface area contributed by atoms with Crippen LogP contribution in [0.25, 0.3) is 15.9 Å². The van der Waals surface area contributed by atoms with Gasteiger partial charge in [-0.2, -0.15) is 5.10 Å². The summed E-state index contributed by atoms with van der Waals surface area (Å²) in [6.07, 6.45) is 0. The van der Waals surface area contributed by atoms with Crippen LogP contribution in [-0.4, -0.2) is 25.2 Å². The van der Waals surface area contributed by atoms with Gasteiger partial charge < -0.3 is 5.32 Å². The van der Waals surface area contributed by atoms with E-state index < -0.39 is 35.3 Å². The maximum atomic E-state index is 13.7. The third kappa shape index (κ3) is 3.47. The zero-order valence-corrected chi connectivity index (χ0v) is 15.7. The second kappa shape index (κ2) is 7.09. The lowest BCUT2D eigenvalue weighted by molar-refractivity contribution is -0.116. The predicted molar refractivity (Wildman–Crippen MR) is 104 cm³/mol. The topological polar surface area (TPSA) is 102 Å². The van der Waals surface area contributed by atoms with E-state index in [1.807, 2.05) is 0 Å². The van der Waals surface area contributed by atoms with Gasteiger partial charge in [0.2, 0.25) is 5.91 Å². The quantitative estimate of drug-likeness (QED) is 0.531. The number of carbonyl (C=O) groups excluding carboxylic acids is 1. The highest BCUT2D eigenvalue weighted by Gasteiger charge is 2.19. The molecule has 0 spiro atoms. The number of nitrogens with zero attached hydrogens (tertiary/aromatic N) is 3. The average Bonchev–Trinajstić information content (AvgIpc) is 3.27. The number of aromatic nitrogens is 4. The Balaban J connectivity index is 1.84. The van der Waals surface area contributed by atoms with E-state index in [2.05, 4.69) is 15.5 Å². The number of halogens is 2. The number of fused-ring (bicyclic) bond motifs is 1. The standard InChI is InChI=1S/C18H13F2N5O3S/c1-9-4-14(23-22-9)21-15(26)8-24-13-2-3-29-16(13)17(27)25(18(24)28)12-6-10(19)5-11(20)7-12/h2-7H,8H2,1H3,(H2,21,22,23,26). The molecule has 3 heterocycles. The number of amides is 1. The highest BCUT2D eigenvalue weighted by Crippen LogP contribution is 2.17. The van der Waals surface area contributed by atoms with Gasteiger partial charge in [-0.05, 0) is 30.5 Å². The fourth-order valence-corrected chi connectivity index (χ4v) is 3.77. The van der Waals surface area contributed by atoms with Gasteiger partial charge in [-0.1, -0.05) is 0 Å². The first-order valence-corrected chi connectivity index (χ1v) is 9.23. The molecule has 1 aromatic carbocycles. The van der Waals surface area contributed by atoms with Crippen molar-refractivity contribution in [1.82, 2.24) is 19.3 Å². The molecule has 1 amide bonds. The van der Waals surface area contributed by atoms with Gasteiger partial charge in [-0.15, -0.1) is 11.3 Å². The normalized spacial score (nSPS) is 11.1. The summed E-state index contributed by atoms with van der Waals surface area (Å²) in [5, 5.41) is 10.7. The van der Waals surface area contributed by atoms with Gasteiger partial charge in [-0.3, -0.25) is 19.3 Å². The van der Waals surface area contributed by atoms with E-state index in [-0.39, 0.29) is 21.7 Å². The van der Waals surface area contributed by atoms with Crippen molar-refractivity contribution >= 4 is 33.3 Å². The second-order valence-electron chi connectivity index (χ2n) is 6.26. The van der Waals surface area contributed by atoms with Crippen LogP contribution in [-0.2, 0) is 11.3 Å². The van der Waals surface area contributed by atoms with E-state index in [1.54, 1.807) is 18.4 Å². The lowest BCUT2D eigenvalue weighted by atomic mass is 10.3.